The van der Waals surface area contributed by atoms with Crippen molar-refractivity contribution in [1.82, 2.24) is 0 Å². The summed E-state index contributed by atoms with van der Waals surface area (Å²) in [6.07, 6.45) is 1.94. The molecule has 0 amide bonds. The van der Waals surface area contributed by atoms with E-state index in [0.717, 1.165) is 0 Å². The van der Waals surface area contributed by atoms with E-state index < -0.39 is 0 Å². The predicted octanol–water partition coefficient (Wildman–Crippen LogP) is 4.17. The molecule has 0 unspecified atom stereocenters. The standard InChI is InChI=1S/C17H18O/c1-2-16(17-11-7-4-8-12-17)14-18-13-15-9-5-3-6-10-15/h2-12,16H,1,13-14H2/t16-/m1/s1. The van der Waals surface area contributed by atoms with Crippen LogP contribution in [0.3, 0.4) is 0 Å². The van der Waals surface area contributed by atoms with Crippen molar-refractivity contribution in [2.75, 3.05) is 6.61 Å². The molecule has 0 radical (unpaired) electrons. The van der Waals surface area contributed by atoms with E-state index in [9.17, 15) is 0 Å². The lowest BCUT2D eigenvalue weighted by Gasteiger charge is -2.13. The Bertz CT molecular complexity index is 461. The quantitative estimate of drug-likeness (QED) is 0.686. The van der Waals surface area contributed by atoms with Crippen LogP contribution in [0.2, 0.25) is 0 Å². The zero-order valence-corrected chi connectivity index (χ0v) is 10.5. The molecule has 92 valence electrons. The highest BCUT2D eigenvalue weighted by Gasteiger charge is 2.06. The van der Waals surface area contributed by atoms with Crippen molar-refractivity contribution >= 4 is 0 Å². The molecule has 0 bridgehead atoms. The van der Waals surface area contributed by atoms with Gasteiger partial charge < -0.3 is 4.74 Å². The van der Waals surface area contributed by atoms with Gasteiger partial charge in [-0.1, -0.05) is 66.7 Å². The van der Waals surface area contributed by atoms with Crippen LogP contribution in [0.25, 0.3) is 0 Å². The molecular formula is C17H18O. The Balaban J connectivity index is 1.87. The minimum Gasteiger partial charge on any atom is -0.376 e. The first-order chi connectivity index (χ1) is 8.90. The van der Waals surface area contributed by atoms with Crippen molar-refractivity contribution in [3.8, 4) is 0 Å². The van der Waals surface area contributed by atoms with Crippen LogP contribution < -0.4 is 0 Å². The Morgan fingerprint density at radius 2 is 1.56 bits per heavy atom. The van der Waals surface area contributed by atoms with Crippen LogP contribution in [-0.2, 0) is 11.3 Å². The Kier molecular flexibility index (Phi) is 4.74. The third-order valence-corrected chi connectivity index (χ3v) is 2.92. The Labute approximate surface area is 109 Å². The molecule has 0 N–H and O–H groups in total. The van der Waals surface area contributed by atoms with Gasteiger partial charge >= 0.3 is 0 Å². The molecule has 0 aromatic heterocycles. The van der Waals surface area contributed by atoms with Gasteiger partial charge in [-0.3, -0.25) is 0 Å². The zero-order chi connectivity index (χ0) is 12.6. The molecule has 2 aromatic carbocycles. The summed E-state index contributed by atoms with van der Waals surface area (Å²) in [7, 11) is 0. The first kappa shape index (κ1) is 12.6. The van der Waals surface area contributed by atoms with Crippen LogP contribution >= 0.6 is 0 Å². The molecule has 1 nitrogen and oxygen atoms in total. The summed E-state index contributed by atoms with van der Waals surface area (Å²) in [6, 6.07) is 20.6. The SMILES string of the molecule is C=C[C@H](COCc1ccccc1)c1ccccc1. The van der Waals surface area contributed by atoms with Gasteiger partial charge in [0, 0.05) is 5.92 Å². The Morgan fingerprint density at radius 1 is 0.944 bits per heavy atom. The van der Waals surface area contributed by atoms with E-state index in [1.165, 1.54) is 11.1 Å². The molecule has 0 spiro atoms. The predicted molar refractivity (Wildman–Crippen MR) is 75.5 cm³/mol. The number of hydrogen-bond donors (Lipinski definition) is 0. The zero-order valence-electron chi connectivity index (χ0n) is 10.5. The van der Waals surface area contributed by atoms with Crippen molar-refractivity contribution in [1.29, 1.82) is 0 Å². The molecule has 1 heteroatoms. The fourth-order valence-electron chi connectivity index (χ4n) is 1.88. The maximum Gasteiger partial charge on any atom is 0.0717 e. The van der Waals surface area contributed by atoms with Gasteiger partial charge in [-0.15, -0.1) is 6.58 Å². The monoisotopic (exact) mass is 238 g/mol. The average Bonchev–Trinajstić information content (AvgIpc) is 2.46. The largest absolute Gasteiger partial charge is 0.376 e. The summed E-state index contributed by atoms with van der Waals surface area (Å²) in [6.45, 7) is 5.20. The first-order valence-corrected chi connectivity index (χ1v) is 6.19. The molecule has 0 saturated carbocycles. The summed E-state index contributed by atoms with van der Waals surface area (Å²) in [5, 5.41) is 0. The van der Waals surface area contributed by atoms with E-state index in [-0.39, 0.29) is 5.92 Å². The maximum absolute atomic E-state index is 5.76. The highest BCUT2D eigenvalue weighted by molar-refractivity contribution is 5.23. The number of benzene rings is 2. The molecule has 2 rings (SSSR count). The molecule has 0 heterocycles. The van der Waals surface area contributed by atoms with E-state index in [2.05, 4.69) is 30.8 Å². The summed E-state index contributed by atoms with van der Waals surface area (Å²) in [4.78, 5) is 0. The topological polar surface area (TPSA) is 9.23 Å². The summed E-state index contributed by atoms with van der Waals surface area (Å²) < 4.78 is 5.76. The first-order valence-electron chi connectivity index (χ1n) is 6.19. The van der Waals surface area contributed by atoms with Crippen LogP contribution in [0.15, 0.2) is 73.3 Å². The number of ether oxygens (including phenoxy) is 1. The lowest BCUT2D eigenvalue weighted by molar-refractivity contribution is 0.115. The number of hydrogen-bond acceptors (Lipinski definition) is 1. The van der Waals surface area contributed by atoms with Crippen LogP contribution in [0.4, 0.5) is 0 Å². The fourth-order valence-corrected chi connectivity index (χ4v) is 1.88. The highest BCUT2D eigenvalue weighted by Crippen LogP contribution is 2.17. The van der Waals surface area contributed by atoms with Crippen LogP contribution in [0.5, 0.6) is 0 Å². The van der Waals surface area contributed by atoms with E-state index in [1.807, 2.05) is 42.5 Å². The van der Waals surface area contributed by atoms with Crippen molar-refractivity contribution in [2.45, 2.75) is 12.5 Å². The van der Waals surface area contributed by atoms with Gasteiger partial charge in [-0.2, -0.15) is 0 Å². The van der Waals surface area contributed by atoms with Gasteiger partial charge in [0.05, 0.1) is 13.2 Å². The second-order valence-electron chi connectivity index (χ2n) is 4.25. The molecule has 2 aromatic rings. The van der Waals surface area contributed by atoms with Gasteiger partial charge in [-0.05, 0) is 11.1 Å². The highest BCUT2D eigenvalue weighted by atomic mass is 16.5. The van der Waals surface area contributed by atoms with Gasteiger partial charge in [0.1, 0.15) is 0 Å². The third kappa shape index (κ3) is 3.57. The van der Waals surface area contributed by atoms with E-state index in [4.69, 9.17) is 4.74 Å². The van der Waals surface area contributed by atoms with Crippen LogP contribution in [-0.4, -0.2) is 6.61 Å². The van der Waals surface area contributed by atoms with Crippen molar-refractivity contribution in [3.05, 3.63) is 84.4 Å². The van der Waals surface area contributed by atoms with Crippen molar-refractivity contribution in [2.24, 2.45) is 0 Å². The van der Waals surface area contributed by atoms with Gasteiger partial charge in [0.25, 0.3) is 0 Å². The molecule has 0 aliphatic rings. The van der Waals surface area contributed by atoms with Crippen LogP contribution in [0.1, 0.15) is 17.0 Å². The minimum absolute atomic E-state index is 0.259. The Hall–Kier alpha value is -1.86. The lowest BCUT2D eigenvalue weighted by Crippen LogP contribution is -2.05. The lowest BCUT2D eigenvalue weighted by atomic mass is 10.0. The van der Waals surface area contributed by atoms with E-state index >= 15 is 0 Å². The average molecular weight is 238 g/mol. The molecule has 0 aliphatic carbocycles. The smallest absolute Gasteiger partial charge is 0.0717 e. The summed E-state index contributed by atoms with van der Waals surface area (Å²) in [5.74, 6) is 0.259. The van der Waals surface area contributed by atoms with E-state index in [0.29, 0.717) is 13.2 Å². The van der Waals surface area contributed by atoms with E-state index in [1.54, 1.807) is 0 Å². The Morgan fingerprint density at radius 3 is 2.17 bits per heavy atom. The summed E-state index contributed by atoms with van der Waals surface area (Å²) >= 11 is 0. The molecule has 0 saturated heterocycles. The van der Waals surface area contributed by atoms with Gasteiger partial charge in [0.15, 0.2) is 0 Å². The number of rotatable bonds is 6. The van der Waals surface area contributed by atoms with Gasteiger partial charge in [0.2, 0.25) is 0 Å². The summed E-state index contributed by atoms with van der Waals surface area (Å²) in [5.41, 5.74) is 2.45. The van der Waals surface area contributed by atoms with Crippen LogP contribution in [0, 0.1) is 0 Å². The van der Waals surface area contributed by atoms with Gasteiger partial charge in [-0.25, -0.2) is 0 Å². The molecule has 18 heavy (non-hydrogen) atoms. The maximum atomic E-state index is 5.76. The third-order valence-electron chi connectivity index (χ3n) is 2.92. The molecule has 0 aliphatic heterocycles. The van der Waals surface area contributed by atoms with Crippen molar-refractivity contribution in [3.63, 3.8) is 0 Å². The normalized spacial score (nSPS) is 12.0. The second-order valence-corrected chi connectivity index (χ2v) is 4.25. The molecule has 1 atom stereocenters. The molecular weight excluding hydrogens is 220 g/mol. The van der Waals surface area contributed by atoms with Crippen molar-refractivity contribution < 1.29 is 4.74 Å². The molecule has 0 fully saturated rings. The minimum atomic E-state index is 0.259. The fraction of sp³-hybridized carbons (Fsp3) is 0.176. The second kappa shape index (κ2) is 6.77.